The summed E-state index contributed by atoms with van der Waals surface area (Å²) >= 11 is 0. The SMILES string of the molecule is O=C(O)CCC1COCC(=O)N1C1CCCCCC1. The van der Waals surface area contributed by atoms with E-state index in [0.29, 0.717) is 13.0 Å². The maximum absolute atomic E-state index is 12.1. The van der Waals surface area contributed by atoms with Crippen molar-refractivity contribution >= 4 is 11.9 Å². The Balaban J connectivity index is 2.01. The normalized spacial score (nSPS) is 26.2. The highest BCUT2D eigenvalue weighted by molar-refractivity contribution is 5.79. The lowest BCUT2D eigenvalue weighted by molar-refractivity contribution is -0.154. The number of ether oxygens (including phenoxy) is 1. The van der Waals surface area contributed by atoms with Crippen LogP contribution in [0.5, 0.6) is 0 Å². The van der Waals surface area contributed by atoms with E-state index < -0.39 is 5.97 Å². The summed E-state index contributed by atoms with van der Waals surface area (Å²) < 4.78 is 5.29. The van der Waals surface area contributed by atoms with Gasteiger partial charge in [0.1, 0.15) is 6.61 Å². The molecule has 0 bridgehead atoms. The number of morpholine rings is 1. The molecule has 2 aliphatic rings. The molecular formula is C14H23NO4. The van der Waals surface area contributed by atoms with Gasteiger partial charge in [0.05, 0.1) is 12.6 Å². The van der Waals surface area contributed by atoms with Crippen LogP contribution < -0.4 is 0 Å². The third kappa shape index (κ3) is 3.93. The van der Waals surface area contributed by atoms with Gasteiger partial charge in [-0.3, -0.25) is 9.59 Å². The molecule has 1 atom stereocenters. The molecule has 5 nitrogen and oxygen atoms in total. The molecule has 1 heterocycles. The summed E-state index contributed by atoms with van der Waals surface area (Å²) in [4.78, 5) is 24.8. The molecule has 1 N–H and O–H groups in total. The number of rotatable bonds is 4. The van der Waals surface area contributed by atoms with Crippen molar-refractivity contribution in [3.63, 3.8) is 0 Å². The van der Waals surface area contributed by atoms with Crippen LogP contribution in [0.25, 0.3) is 0 Å². The fourth-order valence-electron chi connectivity index (χ4n) is 3.19. The Morgan fingerprint density at radius 3 is 2.58 bits per heavy atom. The maximum Gasteiger partial charge on any atom is 0.303 e. The van der Waals surface area contributed by atoms with Crippen molar-refractivity contribution in [2.24, 2.45) is 0 Å². The van der Waals surface area contributed by atoms with E-state index in [9.17, 15) is 9.59 Å². The molecule has 0 aromatic heterocycles. The zero-order valence-electron chi connectivity index (χ0n) is 11.3. The Kier molecular flexibility index (Phi) is 5.19. The molecule has 1 aliphatic carbocycles. The Hall–Kier alpha value is -1.10. The number of hydrogen-bond acceptors (Lipinski definition) is 3. The van der Waals surface area contributed by atoms with Crippen molar-refractivity contribution in [1.82, 2.24) is 4.90 Å². The van der Waals surface area contributed by atoms with Crippen LogP contribution in [0.15, 0.2) is 0 Å². The second-order valence-electron chi connectivity index (χ2n) is 5.55. The average Bonchev–Trinajstić information content (AvgIpc) is 2.65. The van der Waals surface area contributed by atoms with Gasteiger partial charge in [-0.25, -0.2) is 0 Å². The summed E-state index contributed by atoms with van der Waals surface area (Å²) in [6.45, 7) is 0.635. The van der Waals surface area contributed by atoms with Crippen LogP contribution in [0.4, 0.5) is 0 Å². The largest absolute Gasteiger partial charge is 0.481 e. The van der Waals surface area contributed by atoms with Gasteiger partial charge in [0.25, 0.3) is 0 Å². The number of carbonyl (C=O) groups excluding carboxylic acids is 1. The molecule has 2 fully saturated rings. The summed E-state index contributed by atoms with van der Waals surface area (Å²) in [7, 11) is 0. The molecule has 2 rings (SSSR count). The first-order chi connectivity index (χ1) is 9.18. The van der Waals surface area contributed by atoms with Crippen LogP contribution in [-0.2, 0) is 14.3 Å². The number of amides is 1. The quantitative estimate of drug-likeness (QED) is 0.790. The van der Waals surface area contributed by atoms with E-state index in [1.54, 1.807) is 0 Å². The Bertz CT molecular complexity index is 323. The van der Waals surface area contributed by atoms with Gasteiger partial charge in [-0.2, -0.15) is 0 Å². The lowest BCUT2D eigenvalue weighted by Crippen LogP contribution is -2.54. The van der Waals surface area contributed by atoms with Crippen LogP contribution in [0.2, 0.25) is 0 Å². The first-order valence-corrected chi connectivity index (χ1v) is 7.29. The van der Waals surface area contributed by atoms with Crippen molar-refractivity contribution in [3.8, 4) is 0 Å². The molecule has 1 aliphatic heterocycles. The van der Waals surface area contributed by atoms with Crippen LogP contribution in [0, 0.1) is 0 Å². The minimum atomic E-state index is -0.807. The van der Waals surface area contributed by atoms with Crippen molar-refractivity contribution in [2.45, 2.75) is 63.5 Å². The van der Waals surface area contributed by atoms with E-state index in [-0.39, 0.29) is 31.0 Å². The highest BCUT2D eigenvalue weighted by Gasteiger charge is 2.34. The highest BCUT2D eigenvalue weighted by atomic mass is 16.5. The molecule has 19 heavy (non-hydrogen) atoms. The molecule has 1 amide bonds. The van der Waals surface area contributed by atoms with Crippen molar-refractivity contribution in [1.29, 1.82) is 0 Å². The molecule has 0 aromatic rings. The molecular weight excluding hydrogens is 246 g/mol. The van der Waals surface area contributed by atoms with Crippen LogP contribution in [0.1, 0.15) is 51.4 Å². The molecule has 0 aromatic carbocycles. The number of carbonyl (C=O) groups is 2. The van der Waals surface area contributed by atoms with E-state index in [4.69, 9.17) is 9.84 Å². The van der Waals surface area contributed by atoms with E-state index in [2.05, 4.69) is 0 Å². The minimum Gasteiger partial charge on any atom is -0.481 e. The zero-order chi connectivity index (χ0) is 13.7. The van der Waals surface area contributed by atoms with Gasteiger partial charge in [0, 0.05) is 12.5 Å². The van der Waals surface area contributed by atoms with E-state index in [1.807, 2.05) is 4.90 Å². The maximum atomic E-state index is 12.1. The van der Waals surface area contributed by atoms with Crippen molar-refractivity contribution in [3.05, 3.63) is 0 Å². The average molecular weight is 269 g/mol. The van der Waals surface area contributed by atoms with E-state index >= 15 is 0 Å². The third-order valence-corrected chi connectivity index (χ3v) is 4.13. The van der Waals surface area contributed by atoms with Crippen LogP contribution >= 0.6 is 0 Å². The highest BCUT2D eigenvalue weighted by Crippen LogP contribution is 2.26. The molecule has 1 saturated carbocycles. The minimum absolute atomic E-state index is 0.0357. The van der Waals surface area contributed by atoms with Gasteiger partial charge >= 0.3 is 5.97 Å². The molecule has 0 spiro atoms. The number of carboxylic acid groups (broad SMARTS) is 1. The van der Waals surface area contributed by atoms with Gasteiger partial charge in [0.15, 0.2) is 0 Å². The first-order valence-electron chi connectivity index (χ1n) is 7.29. The second-order valence-corrected chi connectivity index (χ2v) is 5.55. The number of carboxylic acids is 1. The predicted octanol–water partition coefficient (Wildman–Crippen LogP) is 1.80. The van der Waals surface area contributed by atoms with Gasteiger partial charge in [-0.05, 0) is 19.3 Å². The predicted molar refractivity (Wildman–Crippen MR) is 69.8 cm³/mol. The third-order valence-electron chi connectivity index (χ3n) is 4.13. The molecule has 1 saturated heterocycles. The zero-order valence-corrected chi connectivity index (χ0v) is 11.3. The van der Waals surface area contributed by atoms with Crippen molar-refractivity contribution in [2.75, 3.05) is 13.2 Å². The summed E-state index contributed by atoms with van der Waals surface area (Å²) in [5.74, 6) is -0.771. The Morgan fingerprint density at radius 2 is 1.95 bits per heavy atom. The number of hydrogen-bond donors (Lipinski definition) is 1. The number of nitrogens with zero attached hydrogens (tertiary/aromatic N) is 1. The van der Waals surface area contributed by atoms with E-state index in [0.717, 1.165) is 12.8 Å². The Morgan fingerprint density at radius 1 is 1.26 bits per heavy atom. The first kappa shape index (κ1) is 14.3. The molecule has 5 heteroatoms. The van der Waals surface area contributed by atoms with Gasteiger partial charge < -0.3 is 14.7 Å². The standard InChI is InChI=1S/C14H23NO4/c16-13-10-19-9-12(7-8-14(17)18)15(13)11-5-3-1-2-4-6-11/h11-12H,1-10H2,(H,17,18). The second kappa shape index (κ2) is 6.89. The van der Waals surface area contributed by atoms with Gasteiger partial charge in [-0.1, -0.05) is 25.7 Å². The van der Waals surface area contributed by atoms with Crippen LogP contribution in [-0.4, -0.2) is 47.2 Å². The van der Waals surface area contributed by atoms with Gasteiger partial charge in [-0.15, -0.1) is 0 Å². The Labute approximate surface area is 113 Å². The smallest absolute Gasteiger partial charge is 0.303 e. The fraction of sp³-hybridized carbons (Fsp3) is 0.857. The van der Waals surface area contributed by atoms with E-state index in [1.165, 1.54) is 25.7 Å². The van der Waals surface area contributed by atoms with Crippen molar-refractivity contribution < 1.29 is 19.4 Å². The summed E-state index contributed by atoms with van der Waals surface area (Å²) in [6.07, 6.45) is 7.53. The summed E-state index contributed by atoms with van der Waals surface area (Å²) in [5, 5.41) is 8.81. The lowest BCUT2D eigenvalue weighted by atomic mass is 10.0. The molecule has 1 unspecified atom stereocenters. The van der Waals surface area contributed by atoms with Crippen LogP contribution in [0.3, 0.4) is 0 Å². The summed E-state index contributed by atoms with van der Waals surface area (Å²) in [5.41, 5.74) is 0. The summed E-state index contributed by atoms with van der Waals surface area (Å²) in [6, 6.07) is 0.234. The fourth-order valence-corrected chi connectivity index (χ4v) is 3.19. The molecule has 0 radical (unpaired) electrons. The lowest BCUT2D eigenvalue weighted by Gasteiger charge is -2.41. The topological polar surface area (TPSA) is 66.8 Å². The number of aliphatic carboxylic acids is 1. The monoisotopic (exact) mass is 269 g/mol. The molecule has 108 valence electrons. The van der Waals surface area contributed by atoms with Gasteiger partial charge in [0.2, 0.25) is 5.91 Å².